The highest BCUT2D eigenvalue weighted by Gasteiger charge is 2.11. The molecule has 7 heteroatoms. The molecule has 2 aromatic carbocycles. The summed E-state index contributed by atoms with van der Waals surface area (Å²) in [6, 6.07) is 13.5. The van der Waals surface area contributed by atoms with E-state index in [2.05, 4.69) is 15.2 Å². The maximum atomic E-state index is 6.07. The van der Waals surface area contributed by atoms with Gasteiger partial charge in [0.2, 0.25) is 0 Å². The van der Waals surface area contributed by atoms with E-state index < -0.39 is 0 Å². The molecule has 3 rings (SSSR count). The summed E-state index contributed by atoms with van der Waals surface area (Å²) < 4.78 is 17.2. The van der Waals surface area contributed by atoms with Crippen LogP contribution < -0.4 is 25.3 Å². The predicted octanol–water partition coefficient (Wildman–Crippen LogP) is 2.72. The van der Waals surface area contributed by atoms with E-state index in [-0.39, 0.29) is 0 Å². The van der Waals surface area contributed by atoms with Gasteiger partial charge in [-0.2, -0.15) is 0 Å². The fourth-order valence-electron chi connectivity index (χ4n) is 2.71. The summed E-state index contributed by atoms with van der Waals surface area (Å²) >= 11 is 0. The van der Waals surface area contributed by atoms with Crippen LogP contribution in [0.2, 0.25) is 0 Å². The zero-order chi connectivity index (χ0) is 19.8. The molecule has 0 bridgehead atoms. The SMILES string of the molecule is CN(C)CCOc1ccccc1CN=C(N)Nc1ccc2c(c1)OCCCO2. The van der Waals surface area contributed by atoms with Gasteiger partial charge in [0.05, 0.1) is 19.8 Å². The smallest absolute Gasteiger partial charge is 0.193 e. The standard InChI is InChI=1S/C21H28N4O3/c1-25(2)10-13-28-18-7-4-3-6-16(18)15-23-21(22)24-17-8-9-19-20(14-17)27-12-5-11-26-19/h3-4,6-9,14H,5,10-13,15H2,1-2H3,(H3,22,23,24). The first-order valence-electron chi connectivity index (χ1n) is 9.44. The number of ether oxygens (including phenoxy) is 3. The second-order valence-corrected chi connectivity index (χ2v) is 6.80. The quantitative estimate of drug-likeness (QED) is 0.564. The molecule has 7 nitrogen and oxygen atoms in total. The van der Waals surface area contributed by atoms with Crippen LogP contribution in [-0.2, 0) is 6.54 Å². The monoisotopic (exact) mass is 384 g/mol. The number of anilines is 1. The Morgan fingerprint density at radius 1 is 1.14 bits per heavy atom. The average Bonchev–Trinajstić information content (AvgIpc) is 2.92. The van der Waals surface area contributed by atoms with E-state index in [1.165, 1.54) is 0 Å². The third-order valence-electron chi connectivity index (χ3n) is 4.21. The Kier molecular flexibility index (Phi) is 6.97. The van der Waals surface area contributed by atoms with Gasteiger partial charge in [0.25, 0.3) is 0 Å². The van der Waals surface area contributed by atoms with Gasteiger partial charge < -0.3 is 30.2 Å². The molecule has 0 aliphatic carbocycles. The number of hydrogen-bond acceptors (Lipinski definition) is 5. The lowest BCUT2D eigenvalue weighted by molar-refractivity contribution is 0.259. The predicted molar refractivity (Wildman–Crippen MR) is 111 cm³/mol. The first-order chi connectivity index (χ1) is 13.6. The first kappa shape index (κ1) is 19.8. The lowest BCUT2D eigenvalue weighted by atomic mass is 10.2. The molecule has 0 saturated heterocycles. The third-order valence-corrected chi connectivity index (χ3v) is 4.21. The molecular formula is C21H28N4O3. The van der Waals surface area contributed by atoms with Crippen LogP contribution in [0.25, 0.3) is 0 Å². The molecule has 0 atom stereocenters. The van der Waals surface area contributed by atoms with Crippen molar-refractivity contribution in [1.82, 2.24) is 4.90 Å². The number of fused-ring (bicyclic) bond motifs is 1. The summed E-state index contributed by atoms with van der Waals surface area (Å²) in [6.07, 6.45) is 0.872. The molecule has 0 spiro atoms. The summed E-state index contributed by atoms with van der Waals surface area (Å²) in [5.74, 6) is 2.63. The molecule has 1 aliphatic heterocycles. The van der Waals surface area contributed by atoms with Crippen LogP contribution in [-0.4, -0.2) is 51.3 Å². The van der Waals surface area contributed by atoms with Crippen molar-refractivity contribution < 1.29 is 14.2 Å². The summed E-state index contributed by atoms with van der Waals surface area (Å²) in [6.45, 7) is 3.22. The fraction of sp³-hybridized carbons (Fsp3) is 0.381. The van der Waals surface area contributed by atoms with Crippen LogP contribution in [0.4, 0.5) is 5.69 Å². The third kappa shape index (κ3) is 5.79. The molecule has 0 saturated carbocycles. The van der Waals surface area contributed by atoms with E-state index in [4.69, 9.17) is 19.9 Å². The van der Waals surface area contributed by atoms with Gasteiger partial charge in [0, 0.05) is 30.3 Å². The Balaban J connectivity index is 1.61. The number of likely N-dealkylation sites (N-methyl/N-ethyl adjacent to an activating group) is 1. The van der Waals surface area contributed by atoms with Gasteiger partial charge in [-0.15, -0.1) is 0 Å². The van der Waals surface area contributed by atoms with E-state index >= 15 is 0 Å². The second-order valence-electron chi connectivity index (χ2n) is 6.80. The van der Waals surface area contributed by atoms with Crippen molar-refractivity contribution in [3.05, 3.63) is 48.0 Å². The van der Waals surface area contributed by atoms with Gasteiger partial charge in [-0.05, 0) is 32.3 Å². The van der Waals surface area contributed by atoms with E-state index in [1.807, 2.05) is 56.6 Å². The number of nitrogens with two attached hydrogens (primary N) is 1. The summed E-state index contributed by atoms with van der Waals surface area (Å²) in [7, 11) is 4.04. The van der Waals surface area contributed by atoms with Crippen LogP contribution in [0.5, 0.6) is 17.2 Å². The molecule has 150 valence electrons. The van der Waals surface area contributed by atoms with Crippen molar-refractivity contribution in [2.45, 2.75) is 13.0 Å². The summed E-state index contributed by atoms with van der Waals surface area (Å²) in [4.78, 5) is 6.53. The fourth-order valence-corrected chi connectivity index (χ4v) is 2.71. The Bertz CT molecular complexity index is 808. The van der Waals surface area contributed by atoms with Gasteiger partial charge in [0.15, 0.2) is 17.5 Å². The van der Waals surface area contributed by atoms with Crippen molar-refractivity contribution in [2.24, 2.45) is 10.7 Å². The second kappa shape index (κ2) is 9.85. The minimum Gasteiger partial charge on any atom is -0.492 e. The van der Waals surface area contributed by atoms with Gasteiger partial charge in [0.1, 0.15) is 12.4 Å². The minimum absolute atomic E-state index is 0.331. The Labute approximate surface area is 166 Å². The maximum absolute atomic E-state index is 6.07. The Hall–Kier alpha value is -2.93. The number of nitrogens with zero attached hydrogens (tertiary/aromatic N) is 2. The molecule has 0 fully saturated rings. The number of guanidine groups is 1. The molecule has 0 unspecified atom stereocenters. The number of hydrogen-bond donors (Lipinski definition) is 2. The topological polar surface area (TPSA) is 81.3 Å². The normalized spacial score (nSPS) is 13.9. The zero-order valence-corrected chi connectivity index (χ0v) is 16.5. The van der Waals surface area contributed by atoms with Crippen LogP contribution >= 0.6 is 0 Å². The van der Waals surface area contributed by atoms with Crippen molar-refractivity contribution in [1.29, 1.82) is 0 Å². The van der Waals surface area contributed by atoms with Gasteiger partial charge in [-0.1, -0.05) is 18.2 Å². The van der Waals surface area contributed by atoms with Gasteiger partial charge in [-0.25, -0.2) is 4.99 Å². The highest BCUT2D eigenvalue weighted by Crippen LogP contribution is 2.32. The number of aliphatic imine (C=N–C) groups is 1. The molecule has 0 radical (unpaired) electrons. The average molecular weight is 384 g/mol. The molecule has 1 aliphatic rings. The summed E-state index contributed by atoms with van der Waals surface area (Å²) in [5.41, 5.74) is 7.87. The van der Waals surface area contributed by atoms with Crippen LogP contribution in [0.1, 0.15) is 12.0 Å². The van der Waals surface area contributed by atoms with E-state index in [1.54, 1.807) is 0 Å². The van der Waals surface area contributed by atoms with Crippen molar-refractivity contribution in [3.63, 3.8) is 0 Å². The highest BCUT2D eigenvalue weighted by atomic mass is 16.5. The molecular weight excluding hydrogens is 356 g/mol. The molecule has 3 N–H and O–H groups in total. The molecule has 28 heavy (non-hydrogen) atoms. The first-order valence-corrected chi connectivity index (χ1v) is 9.44. The highest BCUT2D eigenvalue weighted by molar-refractivity contribution is 5.92. The van der Waals surface area contributed by atoms with E-state index in [0.717, 1.165) is 41.5 Å². The molecule has 0 aromatic heterocycles. The van der Waals surface area contributed by atoms with Crippen molar-refractivity contribution in [2.75, 3.05) is 45.8 Å². The van der Waals surface area contributed by atoms with Crippen molar-refractivity contribution >= 4 is 11.6 Å². The van der Waals surface area contributed by atoms with E-state index in [0.29, 0.717) is 32.3 Å². The number of nitrogens with one attached hydrogen (secondary N) is 1. The van der Waals surface area contributed by atoms with Crippen molar-refractivity contribution in [3.8, 4) is 17.2 Å². The molecule has 0 amide bonds. The van der Waals surface area contributed by atoms with Gasteiger partial charge >= 0.3 is 0 Å². The Morgan fingerprint density at radius 3 is 2.75 bits per heavy atom. The number of benzene rings is 2. The number of rotatable bonds is 7. The maximum Gasteiger partial charge on any atom is 0.193 e. The van der Waals surface area contributed by atoms with Crippen LogP contribution in [0.15, 0.2) is 47.5 Å². The lowest BCUT2D eigenvalue weighted by Gasteiger charge is -2.13. The van der Waals surface area contributed by atoms with E-state index in [9.17, 15) is 0 Å². The van der Waals surface area contributed by atoms with Gasteiger partial charge in [-0.3, -0.25) is 0 Å². The van der Waals surface area contributed by atoms with Crippen LogP contribution in [0.3, 0.4) is 0 Å². The Morgan fingerprint density at radius 2 is 1.93 bits per heavy atom. The van der Waals surface area contributed by atoms with Crippen LogP contribution in [0, 0.1) is 0 Å². The number of para-hydroxylation sites is 1. The largest absolute Gasteiger partial charge is 0.492 e. The molecule has 1 heterocycles. The lowest BCUT2D eigenvalue weighted by Crippen LogP contribution is -2.22. The summed E-state index contributed by atoms with van der Waals surface area (Å²) in [5, 5.41) is 3.10. The zero-order valence-electron chi connectivity index (χ0n) is 16.5. The molecule has 2 aromatic rings. The minimum atomic E-state index is 0.331.